The van der Waals surface area contributed by atoms with Gasteiger partial charge in [-0.1, -0.05) is 17.3 Å². The predicted octanol–water partition coefficient (Wildman–Crippen LogP) is 4.30. The Morgan fingerprint density at radius 2 is 1.97 bits per heavy atom. The number of carbonyl (C=O) groups is 1. The van der Waals surface area contributed by atoms with E-state index in [0.29, 0.717) is 29.6 Å². The predicted molar refractivity (Wildman–Crippen MR) is 111 cm³/mol. The molecule has 0 N–H and O–H groups in total. The summed E-state index contributed by atoms with van der Waals surface area (Å²) < 4.78 is 16.8. The zero-order valence-electron chi connectivity index (χ0n) is 16.9. The number of fused-ring (bicyclic) bond motifs is 1. The SMILES string of the molecule is COc1cc(C(C)=O)ccc1OCCN1CCC(c2noc3ccccc23)CC1. The second kappa shape index (κ2) is 8.66. The molecule has 2 aromatic carbocycles. The lowest BCUT2D eigenvalue weighted by Crippen LogP contribution is -2.36. The van der Waals surface area contributed by atoms with Crippen LogP contribution in [0.2, 0.25) is 0 Å². The smallest absolute Gasteiger partial charge is 0.167 e. The zero-order valence-corrected chi connectivity index (χ0v) is 16.9. The maximum atomic E-state index is 11.5. The fourth-order valence-electron chi connectivity index (χ4n) is 3.92. The van der Waals surface area contributed by atoms with E-state index in [1.54, 1.807) is 32.2 Å². The maximum Gasteiger partial charge on any atom is 0.167 e. The van der Waals surface area contributed by atoms with Gasteiger partial charge in [0.05, 0.1) is 12.8 Å². The van der Waals surface area contributed by atoms with Crippen molar-refractivity contribution in [2.75, 3.05) is 33.4 Å². The van der Waals surface area contributed by atoms with E-state index in [1.165, 1.54) is 0 Å². The van der Waals surface area contributed by atoms with Crippen molar-refractivity contribution in [1.82, 2.24) is 10.1 Å². The van der Waals surface area contributed by atoms with E-state index in [-0.39, 0.29) is 5.78 Å². The van der Waals surface area contributed by atoms with E-state index in [2.05, 4.69) is 16.1 Å². The first-order valence-electron chi connectivity index (χ1n) is 10.0. The molecule has 0 radical (unpaired) electrons. The lowest BCUT2D eigenvalue weighted by molar-refractivity contribution is 0.101. The van der Waals surface area contributed by atoms with Crippen molar-refractivity contribution in [1.29, 1.82) is 0 Å². The summed E-state index contributed by atoms with van der Waals surface area (Å²) >= 11 is 0. The molecule has 0 saturated carbocycles. The first-order chi connectivity index (χ1) is 14.2. The Morgan fingerprint density at radius 3 is 2.72 bits per heavy atom. The average Bonchev–Trinajstić information content (AvgIpc) is 3.18. The highest BCUT2D eigenvalue weighted by atomic mass is 16.5. The van der Waals surface area contributed by atoms with Crippen molar-refractivity contribution in [3.05, 3.63) is 53.7 Å². The molecule has 1 saturated heterocycles. The van der Waals surface area contributed by atoms with Crippen LogP contribution < -0.4 is 9.47 Å². The second-order valence-corrected chi connectivity index (χ2v) is 7.45. The lowest BCUT2D eigenvalue weighted by Gasteiger charge is -2.31. The van der Waals surface area contributed by atoms with Crippen LogP contribution in [-0.2, 0) is 0 Å². The summed E-state index contributed by atoms with van der Waals surface area (Å²) in [5.74, 6) is 1.71. The van der Waals surface area contributed by atoms with Gasteiger partial charge in [-0.25, -0.2) is 0 Å². The summed E-state index contributed by atoms with van der Waals surface area (Å²) in [5.41, 5.74) is 2.58. The highest BCUT2D eigenvalue weighted by Gasteiger charge is 2.24. The third kappa shape index (κ3) is 4.27. The number of methoxy groups -OCH3 is 1. The minimum Gasteiger partial charge on any atom is -0.493 e. The molecule has 6 nitrogen and oxygen atoms in total. The summed E-state index contributed by atoms with van der Waals surface area (Å²) in [4.78, 5) is 13.9. The lowest BCUT2D eigenvalue weighted by atomic mass is 9.91. The van der Waals surface area contributed by atoms with Crippen molar-refractivity contribution in [2.24, 2.45) is 0 Å². The number of rotatable bonds is 7. The minimum atomic E-state index is 0.0117. The number of ether oxygens (including phenoxy) is 2. The Hall–Kier alpha value is -2.86. The molecule has 0 amide bonds. The summed E-state index contributed by atoms with van der Waals surface area (Å²) in [5, 5.41) is 5.46. The van der Waals surface area contributed by atoms with Crippen LogP contribution in [0, 0.1) is 0 Å². The first-order valence-corrected chi connectivity index (χ1v) is 10.0. The Labute approximate surface area is 170 Å². The van der Waals surface area contributed by atoms with Crippen LogP contribution in [0.3, 0.4) is 0 Å². The van der Waals surface area contributed by atoms with Crippen molar-refractivity contribution in [3.8, 4) is 11.5 Å². The molecular weight excluding hydrogens is 368 g/mol. The van der Waals surface area contributed by atoms with Crippen molar-refractivity contribution in [2.45, 2.75) is 25.7 Å². The van der Waals surface area contributed by atoms with E-state index in [1.807, 2.05) is 18.2 Å². The van der Waals surface area contributed by atoms with Crippen LogP contribution >= 0.6 is 0 Å². The number of Topliss-reactive ketones (excluding diaryl/α,β-unsaturated/α-hetero) is 1. The number of hydrogen-bond acceptors (Lipinski definition) is 6. The molecule has 152 valence electrons. The number of piperidine rings is 1. The van der Waals surface area contributed by atoms with E-state index in [9.17, 15) is 4.79 Å². The summed E-state index contributed by atoms with van der Waals surface area (Å²) in [6.45, 7) is 4.99. The molecule has 1 aliphatic heterocycles. The number of para-hydroxylation sites is 1. The maximum absolute atomic E-state index is 11.5. The number of hydrogen-bond donors (Lipinski definition) is 0. The van der Waals surface area contributed by atoms with Crippen LogP contribution in [0.5, 0.6) is 11.5 Å². The van der Waals surface area contributed by atoms with Gasteiger partial charge < -0.3 is 14.0 Å². The normalized spacial score (nSPS) is 15.5. The van der Waals surface area contributed by atoms with Crippen LogP contribution in [0.15, 0.2) is 47.0 Å². The van der Waals surface area contributed by atoms with Gasteiger partial charge in [0, 0.05) is 23.4 Å². The summed E-state index contributed by atoms with van der Waals surface area (Å²) in [7, 11) is 1.59. The fraction of sp³-hybridized carbons (Fsp3) is 0.391. The van der Waals surface area contributed by atoms with Gasteiger partial charge in [-0.15, -0.1) is 0 Å². The summed E-state index contributed by atoms with van der Waals surface area (Å²) in [6, 6.07) is 13.4. The van der Waals surface area contributed by atoms with E-state index < -0.39 is 0 Å². The van der Waals surface area contributed by atoms with Crippen molar-refractivity contribution >= 4 is 16.8 Å². The average molecular weight is 394 g/mol. The van der Waals surface area contributed by atoms with E-state index in [0.717, 1.165) is 49.1 Å². The van der Waals surface area contributed by atoms with Crippen LogP contribution in [0.25, 0.3) is 11.0 Å². The first kappa shape index (κ1) is 19.5. The zero-order chi connectivity index (χ0) is 20.2. The Balaban J connectivity index is 1.29. The molecule has 0 bridgehead atoms. The van der Waals surface area contributed by atoms with Crippen molar-refractivity contribution in [3.63, 3.8) is 0 Å². The Kier molecular flexibility index (Phi) is 5.81. The molecule has 4 rings (SSSR count). The molecule has 6 heteroatoms. The van der Waals surface area contributed by atoms with Gasteiger partial charge in [-0.05, 0) is 63.2 Å². The number of nitrogens with zero attached hydrogens (tertiary/aromatic N) is 2. The number of ketones is 1. The molecule has 0 aliphatic carbocycles. The molecule has 3 aromatic rings. The van der Waals surface area contributed by atoms with Crippen LogP contribution in [0.1, 0.15) is 41.7 Å². The van der Waals surface area contributed by atoms with Gasteiger partial charge in [-0.3, -0.25) is 9.69 Å². The van der Waals surface area contributed by atoms with Crippen molar-refractivity contribution < 1.29 is 18.8 Å². The largest absolute Gasteiger partial charge is 0.493 e. The number of benzene rings is 2. The molecule has 1 aromatic heterocycles. The molecular formula is C23H26N2O4. The summed E-state index contributed by atoms with van der Waals surface area (Å²) in [6.07, 6.45) is 2.13. The second-order valence-electron chi connectivity index (χ2n) is 7.45. The molecule has 1 aliphatic rings. The topological polar surface area (TPSA) is 64.8 Å². The third-order valence-electron chi connectivity index (χ3n) is 5.61. The molecule has 0 atom stereocenters. The van der Waals surface area contributed by atoms with Gasteiger partial charge in [0.15, 0.2) is 22.9 Å². The number of likely N-dealkylation sites (tertiary alicyclic amines) is 1. The molecule has 29 heavy (non-hydrogen) atoms. The van der Waals surface area contributed by atoms with E-state index in [4.69, 9.17) is 14.0 Å². The minimum absolute atomic E-state index is 0.0117. The van der Waals surface area contributed by atoms with Crippen LogP contribution in [-0.4, -0.2) is 49.2 Å². The Bertz CT molecular complexity index is 989. The molecule has 1 fully saturated rings. The van der Waals surface area contributed by atoms with Gasteiger partial charge in [0.25, 0.3) is 0 Å². The number of carbonyl (C=O) groups excluding carboxylic acids is 1. The molecule has 0 spiro atoms. The van der Waals surface area contributed by atoms with Crippen LogP contribution in [0.4, 0.5) is 0 Å². The third-order valence-corrected chi connectivity index (χ3v) is 5.61. The van der Waals surface area contributed by atoms with E-state index >= 15 is 0 Å². The highest BCUT2D eigenvalue weighted by Crippen LogP contribution is 2.32. The fourth-order valence-corrected chi connectivity index (χ4v) is 3.92. The standard InChI is InChI=1S/C23H26N2O4/c1-16(26)18-7-8-21(22(15-18)27-2)28-14-13-25-11-9-17(10-12-25)23-19-5-3-4-6-20(19)29-24-23/h3-8,15,17H,9-14H2,1-2H3. The van der Waals surface area contributed by atoms with Gasteiger partial charge in [0.2, 0.25) is 0 Å². The molecule has 2 heterocycles. The Morgan fingerprint density at radius 1 is 1.17 bits per heavy atom. The number of aromatic nitrogens is 1. The van der Waals surface area contributed by atoms with Gasteiger partial charge in [-0.2, -0.15) is 0 Å². The van der Waals surface area contributed by atoms with Gasteiger partial charge in [0.1, 0.15) is 6.61 Å². The molecule has 0 unspecified atom stereocenters. The quantitative estimate of drug-likeness (QED) is 0.557. The highest BCUT2D eigenvalue weighted by molar-refractivity contribution is 5.94. The monoisotopic (exact) mass is 394 g/mol. The van der Waals surface area contributed by atoms with Gasteiger partial charge >= 0.3 is 0 Å².